The van der Waals surface area contributed by atoms with E-state index in [2.05, 4.69) is 32.0 Å². The van der Waals surface area contributed by atoms with E-state index < -0.39 is 0 Å². The molecule has 0 aliphatic carbocycles. The molecule has 0 spiro atoms. The molecule has 90 valence electrons. The lowest BCUT2D eigenvalue weighted by Gasteiger charge is -2.14. The van der Waals surface area contributed by atoms with Crippen LogP contribution in [0.15, 0.2) is 23.1 Å². The molecular formula is C13H20O2S. The Hall–Kier alpha value is -0.670. The lowest BCUT2D eigenvalue weighted by atomic mass is 10.0. The van der Waals surface area contributed by atoms with E-state index in [1.54, 1.807) is 18.9 Å². The van der Waals surface area contributed by atoms with Crippen LogP contribution in [-0.2, 0) is 0 Å². The van der Waals surface area contributed by atoms with Crippen molar-refractivity contribution in [1.82, 2.24) is 0 Å². The molecule has 0 bridgehead atoms. The van der Waals surface area contributed by atoms with Crippen LogP contribution < -0.4 is 4.74 Å². The van der Waals surface area contributed by atoms with E-state index in [0.717, 1.165) is 10.6 Å². The minimum absolute atomic E-state index is 0.180. The van der Waals surface area contributed by atoms with Crippen molar-refractivity contribution in [2.24, 2.45) is 0 Å². The number of ether oxygens (including phenoxy) is 1. The number of benzene rings is 1. The molecular weight excluding hydrogens is 220 g/mol. The Morgan fingerprint density at radius 2 is 2.00 bits per heavy atom. The van der Waals surface area contributed by atoms with Crippen LogP contribution in [0.4, 0.5) is 0 Å². The molecule has 2 nitrogen and oxygen atoms in total. The molecule has 1 aromatic carbocycles. The third-order valence-electron chi connectivity index (χ3n) is 2.44. The fourth-order valence-electron chi connectivity index (χ4n) is 1.39. The van der Waals surface area contributed by atoms with Crippen molar-refractivity contribution in [3.8, 4) is 5.75 Å². The van der Waals surface area contributed by atoms with Crippen molar-refractivity contribution < 1.29 is 9.84 Å². The highest BCUT2D eigenvalue weighted by molar-refractivity contribution is 8.00. The van der Waals surface area contributed by atoms with Crippen LogP contribution in [0, 0.1) is 0 Å². The van der Waals surface area contributed by atoms with Crippen molar-refractivity contribution in [2.45, 2.75) is 36.8 Å². The summed E-state index contributed by atoms with van der Waals surface area (Å²) in [7, 11) is 1.69. The van der Waals surface area contributed by atoms with E-state index in [1.807, 2.05) is 6.92 Å². The van der Waals surface area contributed by atoms with Crippen LogP contribution in [-0.4, -0.2) is 24.1 Å². The highest BCUT2D eigenvalue weighted by Crippen LogP contribution is 2.34. The van der Waals surface area contributed by atoms with E-state index in [-0.39, 0.29) is 11.9 Å². The maximum atomic E-state index is 9.04. The summed E-state index contributed by atoms with van der Waals surface area (Å²) in [5, 5.41) is 9.23. The van der Waals surface area contributed by atoms with Crippen LogP contribution >= 0.6 is 11.8 Å². The Labute approximate surface area is 102 Å². The second-order valence-corrected chi connectivity index (χ2v) is 5.66. The Bertz CT molecular complexity index is 337. The molecule has 0 aromatic heterocycles. The van der Waals surface area contributed by atoms with Gasteiger partial charge in [-0.2, -0.15) is 0 Å². The monoisotopic (exact) mass is 240 g/mol. The largest absolute Gasteiger partial charge is 0.496 e. The van der Waals surface area contributed by atoms with Crippen LogP contribution in [0.2, 0.25) is 0 Å². The third-order valence-corrected chi connectivity index (χ3v) is 3.58. The number of methoxy groups -OCH3 is 1. The normalized spacial score (nSPS) is 12.9. The maximum absolute atomic E-state index is 9.04. The highest BCUT2D eigenvalue weighted by Gasteiger charge is 2.10. The number of aliphatic hydroxyl groups is 1. The average Bonchev–Trinajstić information content (AvgIpc) is 2.29. The average molecular weight is 240 g/mol. The maximum Gasteiger partial charge on any atom is 0.132 e. The second-order valence-electron chi connectivity index (χ2n) is 4.18. The molecule has 0 aliphatic heterocycles. The van der Waals surface area contributed by atoms with Gasteiger partial charge >= 0.3 is 0 Å². The van der Waals surface area contributed by atoms with Crippen LogP contribution in [0.25, 0.3) is 0 Å². The third kappa shape index (κ3) is 3.42. The van der Waals surface area contributed by atoms with Gasteiger partial charge in [-0.05, 0) is 23.6 Å². The summed E-state index contributed by atoms with van der Waals surface area (Å²) < 4.78 is 5.38. The number of rotatable bonds is 5. The summed E-state index contributed by atoms with van der Waals surface area (Å²) in [6, 6.07) is 6.28. The quantitative estimate of drug-likeness (QED) is 0.801. The lowest BCUT2D eigenvalue weighted by molar-refractivity contribution is 0.300. The first kappa shape index (κ1) is 13.4. The molecule has 1 N–H and O–H groups in total. The summed E-state index contributed by atoms with van der Waals surface area (Å²) in [5.74, 6) is 1.40. The first-order valence-electron chi connectivity index (χ1n) is 5.54. The van der Waals surface area contributed by atoms with Gasteiger partial charge in [-0.3, -0.25) is 0 Å². The zero-order valence-electron chi connectivity index (χ0n) is 10.4. The van der Waals surface area contributed by atoms with Crippen LogP contribution in [0.5, 0.6) is 5.75 Å². The minimum atomic E-state index is 0.180. The van der Waals surface area contributed by atoms with Gasteiger partial charge in [0.2, 0.25) is 0 Å². The molecule has 0 saturated carbocycles. The molecule has 1 unspecified atom stereocenters. The predicted molar refractivity (Wildman–Crippen MR) is 69.5 cm³/mol. The first-order chi connectivity index (χ1) is 7.58. The summed E-state index contributed by atoms with van der Waals surface area (Å²) >= 11 is 1.64. The van der Waals surface area contributed by atoms with Crippen molar-refractivity contribution >= 4 is 11.8 Å². The van der Waals surface area contributed by atoms with E-state index in [9.17, 15) is 0 Å². The SMILES string of the molecule is COc1cc(C(C)C)ccc1SC(C)CO. The van der Waals surface area contributed by atoms with Crippen LogP contribution in [0.3, 0.4) is 0 Å². The molecule has 3 heteroatoms. The molecule has 0 aliphatic rings. The minimum Gasteiger partial charge on any atom is -0.496 e. The summed E-state index contributed by atoms with van der Waals surface area (Å²) in [6.07, 6.45) is 0. The van der Waals surface area contributed by atoms with Crippen molar-refractivity contribution in [2.75, 3.05) is 13.7 Å². The molecule has 1 aromatic rings. The standard InChI is InChI=1S/C13H20O2S/c1-9(2)11-5-6-13(12(7-11)15-4)16-10(3)8-14/h5-7,9-10,14H,8H2,1-4H3. The summed E-state index contributed by atoms with van der Waals surface area (Å²) in [5.41, 5.74) is 1.28. The van der Waals surface area contributed by atoms with Crippen molar-refractivity contribution in [3.05, 3.63) is 23.8 Å². The molecule has 1 atom stereocenters. The molecule has 0 saturated heterocycles. The molecule has 0 radical (unpaired) electrons. The number of thioether (sulfide) groups is 1. The van der Waals surface area contributed by atoms with Gasteiger partial charge in [-0.15, -0.1) is 11.8 Å². The smallest absolute Gasteiger partial charge is 0.132 e. The van der Waals surface area contributed by atoms with Crippen LogP contribution in [0.1, 0.15) is 32.3 Å². The van der Waals surface area contributed by atoms with Crippen molar-refractivity contribution in [3.63, 3.8) is 0 Å². The highest BCUT2D eigenvalue weighted by atomic mass is 32.2. The van der Waals surface area contributed by atoms with Gasteiger partial charge in [-0.1, -0.05) is 26.8 Å². The molecule has 16 heavy (non-hydrogen) atoms. The topological polar surface area (TPSA) is 29.5 Å². The first-order valence-corrected chi connectivity index (χ1v) is 6.42. The van der Waals surface area contributed by atoms with Gasteiger partial charge in [0.15, 0.2) is 0 Å². The zero-order chi connectivity index (χ0) is 12.1. The van der Waals surface area contributed by atoms with E-state index in [1.165, 1.54) is 5.56 Å². The van der Waals surface area contributed by atoms with Gasteiger partial charge in [-0.25, -0.2) is 0 Å². The van der Waals surface area contributed by atoms with E-state index >= 15 is 0 Å². The Kier molecular flexibility index (Phi) is 5.16. The second kappa shape index (κ2) is 6.16. The Morgan fingerprint density at radius 1 is 1.31 bits per heavy atom. The number of aliphatic hydroxyl groups excluding tert-OH is 1. The fraction of sp³-hybridized carbons (Fsp3) is 0.538. The lowest BCUT2D eigenvalue weighted by Crippen LogP contribution is -2.02. The Morgan fingerprint density at radius 3 is 2.50 bits per heavy atom. The Balaban J connectivity index is 2.93. The molecule has 0 fully saturated rings. The van der Waals surface area contributed by atoms with Gasteiger partial charge in [0.1, 0.15) is 5.75 Å². The van der Waals surface area contributed by atoms with E-state index in [4.69, 9.17) is 9.84 Å². The summed E-state index contributed by atoms with van der Waals surface area (Å²) in [4.78, 5) is 1.09. The van der Waals surface area contributed by atoms with Gasteiger partial charge in [0.25, 0.3) is 0 Å². The van der Waals surface area contributed by atoms with Crippen molar-refractivity contribution in [1.29, 1.82) is 0 Å². The molecule has 0 heterocycles. The number of hydrogen-bond acceptors (Lipinski definition) is 3. The zero-order valence-corrected chi connectivity index (χ0v) is 11.2. The van der Waals surface area contributed by atoms with Gasteiger partial charge in [0.05, 0.1) is 13.7 Å². The fourth-order valence-corrected chi connectivity index (χ4v) is 2.31. The molecule has 0 amide bonds. The molecule has 1 rings (SSSR count). The number of hydrogen-bond donors (Lipinski definition) is 1. The van der Waals surface area contributed by atoms with E-state index in [0.29, 0.717) is 5.92 Å². The van der Waals surface area contributed by atoms with Gasteiger partial charge in [0, 0.05) is 10.1 Å². The predicted octanol–water partition coefficient (Wildman–Crippen LogP) is 3.29. The summed E-state index contributed by atoms with van der Waals surface area (Å²) in [6.45, 7) is 6.51. The van der Waals surface area contributed by atoms with Gasteiger partial charge < -0.3 is 9.84 Å².